The van der Waals surface area contributed by atoms with Crippen molar-refractivity contribution in [2.75, 3.05) is 4.90 Å². The molecule has 0 aliphatic heterocycles. The number of hydrogen-bond donors (Lipinski definition) is 0. The summed E-state index contributed by atoms with van der Waals surface area (Å²) in [7, 11) is 0. The summed E-state index contributed by atoms with van der Waals surface area (Å²) in [6.45, 7) is 4.50. The molecule has 0 atom stereocenters. The van der Waals surface area contributed by atoms with Gasteiger partial charge in [0.15, 0.2) is 5.13 Å². The molecule has 2 heterocycles. The summed E-state index contributed by atoms with van der Waals surface area (Å²) < 4.78 is 1.07. The number of nitrogens with zero attached hydrogens (tertiary/aromatic N) is 3. The van der Waals surface area contributed by atoms with Gasteiger partial charge in [0.2, 0.25) is 0 Å². The van der Waals surface area contributed by atoms with E-state index in [0.29, 0.717) is 16.7 Å². The number of fused-ring (bicyclic) bond motifs is 1. The number of carbonyl (C=O) groups is 1. The van der Waals surface area contributed by atoms with Crippen LogP contribution in [0.15, 0.2) is 67.0 Å². The minimum atomic E-state index is -0.160. The van der Waals surface area contributed by atoms with Crippen LogP contribution in [0.1, 0.15) is 22.3 Å². The minimum Gasteiger partial charge on any atom is -0.280 e. The van der Waals surface area contributed by atoms with E-state index in [1.54, 1.807) is 35.5 Å². The number of anilines is 1. The van der Waals surface area contributed by atoms with Crippen LogP contribution in [-0.4, -0.2) is 15.9 Å². The molecule has 2 aromatic heterocycles. The zero-order valence-electron chi connectivity index (χ0n) is 16.7. The summed E-state index contributed by atoms with van der Waals surface area (Å²) in [5.74, 6) is -0.160. The van der Waals surface area contributed by atoms with Gasteiger partial charge in [-0.25, -0.2) is 4.98 Å². The highest BCUT2D eigenvalue weighted by Crippen LogP contribution is 2.32. The van der Waals surface area contributed by atoms with Gasteiger partial charge in [0.05, 0.1) is 16.8 Å². The third kappa shape index (κ3) is 4.42. The van der Waals surface area contributed by atoms with Gasteiger partial charge in [-0.3, -0.25) is 14.7 Å². The van der Waals surface area contributed by atoms with E-state index in [0.717, 1.165) is 26.9 Å². The van der Waals surface area contributed by atoms with E-state index < -0.39 is 0 Å². The molecule has 4 aromatic rings. The largest absolute Gasteiger partial charge is 0.280 e. The average molecular weight is 434 g/mol. The number of thiazole rings is 1. The van der Waals surface area contributed by atoms with Crippen LogP contribution in [0.5, 0.6) is 0 Å². The lowest BCUT2D eigenvalue weighted by Gasteiger charge is -2.18. The molecule has 0 radical (unpaired) electrons. The SMILES string of the molecule is Cc1cc(C)c2nc(N(Cc3cccnc3)C(=O)/C=C/c3ccccc3Cl)sc2c1. The topological polar surface area (TPSA) is 46.1 Å². The first-order valence-electron chi connectivity index (χ1n) is 9.52. The van der Waals surface area contributed by atoms with E-state index in [2.05, 4.69) is 24.0 Å². The van der Waals surface area contributed by atoms with Gasteiger partial charge >= 0.3 is 0 Å². The number of aryl methyl sites for hydroxylation is 2. The maximum absolute atomic E-state index is 13.2. The second kappa shape index (κ2) is 8.78. The Morgan fingerprint density at radius 2 is 2.00 bits per heavy atom. The van der Waals surface area contributed by atoms with Crippen LogP contribution < -0.4 is 4.90 Å². The molecule has 2 aromatic carbocycles. The average Bonchev–Trinajstić information content (AvgIpc) is 3.16. The van der Waals surface area contributed by atoms with E-state index >= 15 is 0 Å². The number of halogens is 1. The first-order chi connectivity index (χ1) is 14.5. The third-order valence-corrected chi connectivity index (χ3v) is 6.06. The Morgan fingerprint density at radius 3 is 2.77 bits per heavy atom. The number of rotatable bonds is 5. The normalized spacial score (nSPS) is 11.3. The van der Waals surface area contributed by atoms with Gasteiger partial charge in [-0.05, 0) is 60.4 Å². The molecule has 4 nitrogen and oxygen atoms in total. The quantitative estimate of drug-likeness (QED) is 0.351. The number of carbonyl (C=O) groups excluding carboxylic acids is 1. The zero-order chi connectivity index (χ0) is 21.1. The molecule has 0 saturated heterocycles. The van der Waals surface area contributed by atoms with Gasteiger partial charge in [0.1, 0.15) is 0 Å². The Morgan fingerprint density at radius 1 is 1.17 bits per heavy atom. The molecule has 150 valence electrons. The van der Waals surface area contributed by atoms with Crippen molar-refractivity contribution < 1.29 is 4.79 Å². The lowest BCUT2D eigenvalue weighted by Crippen LogP contribution is -2.28. The molecule has 1 amide bonds. The zero-order valence-corrected chi connectivity index (χ0v) is 18.2. The highest BCUT2D eigenvalue weighted by Gasteiger charge is 2.19. The van der Waals surface area contributed by atoms with Crippen LogP contribution in [0.3, 0.4) is 0 Å². The fraction of sp³-hybridized carbons (Fsp3) is 0.125. The van der Waals surface area contributed by atoms with Crippen molar-refractivity contribution in [3.63, 3.8) is 0 Å². The fourth-order valence-corrected chi connectivity index (χ4v) is 4.59. The number of aromatic nitrogens is 2. The van der Waals surface area contributed by atoms with Gasteiger partial charge in [-0.1, -0.05) is 53.3 Å². The van der Waals surface area contributed by atoms with Crippen molar-refractivity contribution >= 4 is 50.3 Å². The summed E-state index contributed by atoms with van der Waals surface area (Å²) in [5.41, 5.74) is 4.94. The molecule has 0 N–H and O–H groups in total. The molecule has 0 saturated carbocycles. The Kier molecular flexibility index (Phi) is 5.93. The highest BCUT2D eigenvalue weighted by atomic mass is 35.5. The van der Waals surface area contributed by atoms with Crippen LogP contribution in [-0.2, 0) is 11.3 Å². The van der Waals surface area contributed by atoms with Gasteiger partial charge < -0.3 is 0 Å². The summed E-state index contributed by atoms with van der Waals surface area (Å²) in [6.07, 6.45) is 6.77. The molecule has 0 spiro atoms. The van der Waals surface area contributed by atoms with E-state index in [4.69, 9.17) is 16.6 Å². The predicted molar refractivity (Wildman–Crippen MR) is 125 cm³/mol. The van der Waals surface area contributed by atoms with E-state index in [-0.39, 0.29) is 5.91 Å². The van der Waals surface area contributed by atoms with Crippen molar-refractivity contribution in [2.45, 2.75) is 20.4 Å². The van der Waals surface area contributed by atoms with E-state index in [1.165, 1.54) is 16.9 Å². The molecule has 4 rings (SSSR count). The number of pyridine rings is 1. The van der Waals surface area contributed by atoms with Crippen LogP contribution in [0.2, 0.25) is 5.02 Å². The van der Waals surface area contributed by atoms with Gasteiger partial charge in [-0.15, -0.1) is 0 Å². The molecule has 6 heteroatoms. The number of benzene rings is 2. The summed E-state index contributed by atoms with van der Waals surface area (Å²) in [6, 6.07) is 15.5. The molecular weight excluding hydrogens is 414 g/mol. The first-order valence-corrected chi connectivity index (χ1v) is 10.7. The second-order valence-corrected chi connectivity index (χ2v) is 8.48. The Hall–Kier alpha value is -3.02. The van der Waals surface area contributed by atoms with Crippen molar-refractivity contribution in [2.24, 2.45) is 0 Å². The Bertz CT molecular complexity index is 1230. The number of hydrogen-bond acceptors (Lipinski definition) is 4. The monoisotopic (exact) mass is 433 g/mol. The summed E-state index contributed by atoms with van der Waals surface area (Å²) in [5, 5.41) is 1.27. The molecular formula is C24H20ClN3OS. The summed E-state index contributed by atoms with van der Waals surface area (Å²) in [4.78, 5) is 23.8. The molecule has 0 aliphatic carbocycles. The van der Waals surface area contributed by atoms with Crippen LogP contribution in [0, 0.1) is 13.8 Å². The lowest BCUT2D eigenvalue weighted by atomic mass is 10.1. The summed E-state index contributed by atoms with van der Waals surface area (Å²) >= 11 is 7.74. The highest BCUT2D eigenvalue weighted by molar-refractivity contribution is 7.22. The van der Waals surface area contributed by atoms with Gasteiger partial charge in [-0.2, -0.15) is 0 Å². The smallest absolute Gasteiger partial charge is 0.253 e. The van der Waals surface area contributed by atoms with Crippen molar-refractivity contribution in [1.29, 1.82) is 0 Å². The maximum atomic E-state index is 13.2. The van der Waals surface area contributed by atoms with Crippen molar-refractivity contribution in [3.8, 4) is 0 Å². The first kappa shape index (κ1) is 20.3. The maximum Gasteiger partial charge on any atom is 0.253 e. The molecule has 0 fully saturated rings. The molecule has 30 heavy (non-hydrogen) atoms. The van der Waals surface area contributed by atoms with Gasteiger partial charge in [0, 0.05) is 23.5 Å². The van der Waals surface area contributed by atoms with Crippen LogP contribution in [0.25, 0.3) is 16.3 Å². The Labute approximate surface area is 184 Å². The minimum absolute atomic E-state index is 0.160. The van der Waals surface area contributed by atoms with E-state index in [1.807, 2.05) is 37.3 Å². The third-order valence-electron chi connectivity index (χ3n) is 4.69. The van der Waals surface area contributed by atoms with Crippen molar-refractivity contribution in [1.82, 2.24) is 9.97 Å². The predicted octanol–water partition coefficient (Wildman–Crippen LogP) is 6.21. The lowest BCUT2D eigenvalue weighted by molar-refractivity contribution is -0.114. The van der Waals surface area contributed by atoms with E-state index in [9.17, 15) is 4.79 Å². The van der Waals surface area contributed by atoms with Crippen LogP contribution in [0.4, 0.5) is 5.13 Å². The Balaban J connectivity index is 1.72. The molecule has 0 bridgehead atoms. The van der Waals surface area contributed by atoms with Crippen molar-refractivity contribution in [3.05, 3.63) is 94.3 Å². The fourth-order valence-electron chi connectivity index (χ4n) is 3.25. The van der Waals surface area contributed by atoms with Gasteiger partial charge in [0.25, 0.3) is 5.91 Å². The van der Waals surface area contributed by atoms with Crippen LogP contribution >= 0.6 is 22.9 Å². The molecule has 0 aliphatic rings. The second-order valence-electron chi connectivity index (χ2n) is 7.07. The number of amides is 1. The standard InChI is InChI=1S/C24H20ClN3OS/c1-16-12-17(2)23-21(13-16)30-24(27-23)28(15-18-6-5-11-26-14-18)22(29)10-9-19-7-3-4-8-20(19)25/h3-14H,15H2,1-2H3/b10-9+. The molecule has 0 unspecified atom stereocenters.